The van der Waals surface area contributed by atoms with Crippen LogP contribution in [0.5, 0.6) is 11.5 Å². The van der Waals surface area contributed by atoms with Gasteiger partial charge in [0.25, 0.3) is 0 Å². The number of hydrogen-bond acceptors (Lipinski definition) is 6. The highest BCUT2D eigenvalue weighted by molar-refractivity contribution is 6.05. The van der Waals surface area contributed by atoms with Crippen molar-refractivity contribution in [1.82, 2.24) is 9.88 Å². The Morgan fingerprint density at radius 2 is 2.12 bits per heavy atom. The summed E-state index contributed by atoms with van der Waals surface area (Å²) in [7, 11) is 1.66. The van der Waals surface area contributed by atoms with Gasteiger partial charge in [-0.05, 0) is 42.0 Å². The molecule has 2 N–H and O–H groups in total. The number of morpholine rings is 1. The molecule has 1 saturated heterocycles. The summed E-state index contributed by atoms with van der Waals surface area (Å²) in [6, 6.07) is 15.1. The van der Waals surface area contributed by atoms with E-state index in [1.807, 2.05) is 42.5 Å². The molecule has 0 radical (unpaired) electrons. The van der Waals surface area contributed by atoms with E-state index in [2.05, 4.69) is 11.0 Å². The molecule has 1 amide bonds. The van der Waals surface area contributed by atoms with Gasteiger partial charge in [-0.2, -0.15) is 0 Å². The Bertz CT molecular complexity index is 1210. The van der Waals surface area contributed by atoms with Gasteiger partial charge in [0.2, 0.25) is 5.91 Å². The van der Waals surface area contributed by atoms with Gasteiger partial charge in [0.05, 0.1) is 30.5 Å². The fourth-order valence-corrected chi connectivity index (χ4v) is 4.30. The van der Waals surface area contributed by atoms with E-state index in [4.69, 9.17) is 24.9 Å². The number of nitrogens with two attached hydrogens (primary N) is 1. The van der Waals surface area contributed by atoms with Gasteiger partial charge >= 0.3 is 0 Å². The molecule has 0 aliphatic carbocycles. The summed E-state index contributed by atoms with van der Waals surface area (Å²) in [5.41, 5.74) is 9.80. The Hall–Kier alpha value is -3.42. The number of methoxy groups -OCH3 is 1. The topological polar surface area (TPSA) is 86.9 Å². The average Bonchev–Trinajstić information content (AvgIpc) is 2.83. The molecule has 0 spiro atoms. The maximum atomic E-state index is 12.0. The van der Waals surface area contributed by atoms with Gasteiger partial charge in [0.1, 0.15) is 24.2 Å². The fraction of sp³-hybridized carbons (Fsp3) is 0.280. The van der Waals surface area contributed by atoms with Crippen molar-refractivity contribution in [2.45, 2.75) is 6.10 Å². The smallest absolute Gasteiger partial charge is 0.249 e. The first-order chi connectivity index (χ1) is 15.6. The minimum absolute atomic E-state index is 0.232. The maximum absolute atomic E-state index is 12.0. The van der Waals surface area contributed by atoms with Gasteiger partial charge in [-0.1, -0.05) is 18.2 Å². The zero-order valence-corrected chi connectivity index (χ0v) is 17.9. The van der Waals surface area contributed by atoms with E-state index in [-0.39, 0.29) is 6.10 Å². The van der Waals surface area contributed by atoms with Crippen molar-refractivity contribution in [3.8, 4) is 11.5 Å². The average molecular weight is 431 g/mol. The number of amides is 1. The van der Waals surface area contributed by atoms with Crippen LogP contribution in [0.15, 0.2) is 54.1 Å². The molecule has 7 nitrogen and oxygen atoms in total. The van der Waals surface area contributed by atoms with E-state index in [1.165, 1.54) is 5.57 Å². The van der Waals surface area contributed by atoms with E-state index in [9.17, 15) is 4.79 Å². The number of benzene rings is 2. The lowest BCUT2D eigenvalue weighted by atomic mass is 10.0. The SMILES string of the molecule is COc1ccc2c(c1)C=C(CN1CCO[C@H](c3cc(C(N)=O)c4ccccc4n3)C1)CO2. The summed E-state index contributed by atoms with van der Waals surface area (Å²) in [5.74, 6) is 1.22. The number of ether oxygens (including phenoxy) is 3. The lowest BCUT2D eigenvalue weighted by molar-refractivity contribution is -0.0292. The molecular weight excluding hydrogens is 406 g/mol. The number of aromatic nitrogens is 1. The van der Waals surface area contributed by atoms with Crippen LogP contribution in [0.4, 0.5) is 0 Å². The second-order valence-electron chi connectivity index (χ2n) is 8.07. The quantitative estimate of drug-likeness (QED) is 0.668. The highest BCUT2D eigenvalue weighted by atomic mass is 16.5. The molecule has 2 aromatic carbocycles. The Labute approximate surface area is 186 Å². The van der Waals surface area contributed by atoms with Gasteiger partial charge in [0, 0.05) is 30.6 Å². The van der Waals surface area contributed by atoms with Crippen LogP contribution in [-0.2, 0) is 4.74 Å². The molecule has 1 aromatic heterocycles. The van der Waals surface area contributed by atoms with Crippen molar-refractivity contribution in [1.29, 1.82) is 0 Å². The van der Waals surface area contributed by atoms with Crippen molar-refractivity contribution >= 4 is 22.9 Å². The monoisotopic (exact) mass is 431 g/mol. The predicted molar refractivity (Wildman–Crippen MR) is 122 cm³/mol. The summed E-state index contributed by atoms with van der Waals surface area (Å²) in [6.07, 6.45) is 1.94. The number of para-hydroxylation sites is 1. The second-order valence-corrected chi connectivity index (χ2v) is 8.07. The molecule has 5 rings (SSSR count). The summed E-state index contributed by atoms with van der Waals surface area (Å²) < 4.78 is 17.3. The number of carbonyl (C=O) groups excluding carboxylic acids is 1. The lowest BCUT2D eigenvalue weighted by Crippen LogP contribution is -2.40. The number of nitrogens with zero attached hydrogens (tertiary/aromatic N) is 2. The molecule has 0 saturated carbocycles. The maximum Gasteiger partial charge on any atom is 0.249 e. The molecule has 0 bridgehead atoms. The molecule has 1 fully saturated rings. The van der Waals surface area contributed by atoms with Crippen molar-refractivity contribution in [2.75, 3.05) is 40.0 Å². The van der Waals surface area contributed by atoms with Crippen LogP contribution in [0, 0.1) is 0 Å². The third-order valence-corrected chi connectivity index (χ3v) is 5.90. The van der Waals surface area contributed by atoms with Crippen LogP contribution in [-0.4, -0.2) is 55.7 Å². The molecule has 0 unspecified atom stereocenters. The first-order valence-corrected chi connectivity index (χ1v) is 10.6. The summed E-state index contributed by atoms with van der Waals surface area (Å²) in [5, 5.41) is 0.759. The molecule has 3 heterocycles. The first-order valence-electron chi connectivity index (χ1n) is 10.6. The molecule has 3 aromatic rings. The largest absolute Gasteiger partial charge is 0.497 e. The second kappa shape index (κ2) is 8.61. The van der Waals surface area contributed by atoms with Gasteiger partial charge in [-0.15, -0.1) is 0 Å². The first kappa shape index (κ1) is 20.5. The molecule has 2 aliphatic rings. The highest BCUT2D eigenvalue weighted by Gasteiger charge is 2.26. The van der Waals surface area contributed by atoms with Gasteiger partial charge < -0.3 is 19.9 Å². The van der Waals surface area contributed by atoms with Crippen molar-refractivity contribution < 1.29 is 19.0 Å². The van der Waals surface area contributed by atoms with Crippen LogP contribution in [0.2, 0.25) is 0 Å². The standard InChI is InChI=1S/C25H25N3O4/c1-30-18-6-7-23-17(11-18)10-16(15-32-23)13-28-8-9-31-24(14-28)22-12-20(25(26)29)19-4-2-3-5-21(19)27-22/h2-7,10-12,24H,8-9,13-15H2,1H3,(H2,26,29)/t24-/m0/s1. The molecule has 164 valence electrons. The van der Waals surface area contributed by atoms with Gasteiger partial charge in [-0.25, -0.2) is 4.98 Å². The van der Waals surface area contributed by atoms with Crippen molar-refractivity contribution in [3.63, 3.8) is 0 Å². The molecule has 32 heavy (non-hydrogen) atoms. The Morgan fingerprint density at radius 1 is 1.25 bits per heavy atom. The molecule has 7 heteroatoms. The van der Waals surface area contributed by atoms with E-state index < -0.39 is 5.91 Å². The van der Waals surface area contributed by atoms with Crippen LogP contribution in [0.1, 0.15) is 27.7 Å². The molecular formula is C25H25N3O4. The van der Waals surface area contributed by atoms with Crippen molar-refractivity contribution in [3.05, 3.63) is 70.9 Å². The number of rotatable bonds is 5. The van der Waals surface area contributed by atoms with Crippen LogP contribution < -0.4 is 15.2 Å². The minimum Gasteiger partial charge on any atom is -0.497 e. The summed E-state index contributed by atoms with van der Waals surface area (Å²) in [6.45, 7) is 3.40. The van der Waals surface area contributed by atoms with Crippen LogP contribution in [0.25, 0.3) is 17.0 Å². The number of hydrogen-bond donors (Lipinski definition) is 1. The number of carbonyl (C=O) groups is 1. The number of primary amides is 1. The predicted octanol–water partition coefficient (Wildman–Crippen LogP) is 3.19. The Kier molecular flexibility index (Phi) is 5.51. The normalized spacial score (nSPS) is 18.5. The minimum atomic E-state index is -0.462. The van der Waals surface area contributed by atoms with Crippen LogP contribution >= 0.6 is 0 Å². The summed E-state index contributed by atoms with van der Waals surface area (Å²) in [4.78, 5) is 19.1. The highest BCUT2D eigenvalue weighted by Crippen LogP contribution is 2.31. The summed E-state index contributed by atoms with van der Waals surface area (Å²) >= 11 is 0. The van der Waals surface area contributed by atoms with E-state index in [0.717, 1.165) is 46.7 Å². The van der Waals surface area contributed by atoms with Crippen molar-refractivity contribution in [2.24, 2.45) is 5.73 Å². The number of fused-ring (bicyclic) bond motifs is 2. The Balaban J connectivity index is 1.36. The Morgan fingerprint density at radius 3 is 2.97 bits per heavy atom. The van der Waals surface area contributed by atoms with Gasteiger partial charge in [0.15, 0.2) is 0 Å². The fourth-order valence-electron chi connectivity index (χ4n) is 4.30. The zero-order chi connectivity index (χ0) is 22.1. The van der Waals surface area contributed by atoms with Gasteiger partial charge in [-0.3, -0.25) is 9.69 Å². The third kappa shape index (κ3) is 4.04. The third-order valence-electron chi connectivity index (χ3n) is 5.90. The van der Waals surface area contributed by atoms with E-state index in [0.29, 0.717) is 25.3 Å². The van der Waals surface area contributed by atoms with E-state index >= 15 is 0 Å². The lowest BCUT2D eigenvalue weighted by Gasteiger charge is -2.34. The van der Waals surface area contributed by atoms with E-state index in [1.54, 1.807) is 13.2 Å². The zero-order valence-electron chi connectivity index (χ0n) is 17.9. The molecule has 2 aliphatic heterocycles. The number of pyridine rings is 1. The molecule has 1 atom stereocenters. The van der Waals surface area contributed by atoms with Crippen LogP contribution in [0.3, 0.4) is 0 Å².